The fraction of sp³-hybridized carbons (Fsp3) is 0.643. The van der Waals surface area contributed by atoms with E-state index >= 15 is 0 Å². The molecule has 0 unspecified atom stereocenters. The van der Waals surface area contributed by atoms with Gasteiger partial charge >= 0.3 is 5.97 Å². The van der Waals surface area contributed by atoms with Crippen molar-refractivity contribution in [1.82, 2.24) is 10.2 Å². The highest BCUT2D eigenvalue weighted by atomic mass is 16.5. The molecule has 0 aromatic carbocycles. The van der Waals surface area contributed by atoms with Gasteiger partial charge in [0, 0.05) is 6.04 Å². The van der Waals surface area contributed by atoms with Gasteiger partial charge < -0.3 is 20.7 Å². The molecular formula is C14H21N3O4. The standard InChI is InChI=1S/C14H21N3O4/c1-4-10(7-13(19)21-5-2)16-12(18)8-17-9(3)6-11(15)14(17)20/h1,9-11H,5-8,15H2,2-3H3,(H,16,18)/t9-,10-,11+/m1/s1. The van der Waals surface area contributed by atoms with E-state index in [2.05, 4.69) is 11.2 Å². The Morgan fingerprint density at radius 2 is 2.29 bits per heavy atom. The summed E-state index contributed by atoms with van der Waals surface area (Å²) in [5.74, 6) is 1.17. The number of hydrogen-bond acceptors (Lipinski definition) is 5. The molecule has 0 aliphatic carbocycles. The largest absolute Gasteiger partial charge is 0.466 e. The number of nitrogens with one attached hydrogen (secondary N) is 1. The minimum absolute atomic E-state index is 0.0902. The van der Waals surface area contributed by atoms with Gasteiger partial charge in [0.2, 0.25) is 11.8 Å². The number of hydrogen-bond donors (Lipinski definition) is 2. The summed E-state index contributed by atoms with van der Waals surface area (Å²) in [7, 11) is 0. The van der Waals surface area contributed by atoms with E-state index in [9.17, 15) is 14.4 Å². The quantitative estimate of drug-likeness (QED) is 0.484. The normalized spacial score (nSPS) is 22.6. The lowest BCUT2D eigenvalue weighted by Crippen LogP contribution is -2.46. The summed E-state index contributed by atoms with van der Waals surface area (Å²) in [5.41, 5.74) is 5.64. The molecule has 0 saturated carbocycles. The molecule has 1 aliphatic heterocycles. The molecule has 1 heterocycles. The molecule has 1 aliphatic rings. The Bertz CT molecular complexity index is 458. The van der Waals surface area contributed by atoms with Gasteiger partial charge in [-0.05, 0) is 20.3 Å². The molecule has 1 fully saturated rings. The van der Waals surface area contributed by atoms with Crippen molar-refractivity contribution in [2.75, 3.05) is 13.2 Å². The Hall–Kier alpha value is -2.07. The second-order valence-electron chi connectivity index (χ2n) is 4.95. The maximum Gasteiger partial charge on any atom is 0.308 e. The molecule has 21 heavy (non-hydrogen) atoms. The Kier molecular flexibility index (Phi) is 6.18. The van der Waals surface area contributed by atoms with Crippen molar-refractivity contribution in [2.24, 2.45) is 5.73 Å². The van der Waals surface area contributed by atoms with Crippen LogP contribution in [0.3, 0.4) is 0 Å². The number of amides is 2. The Morgan fingerprint density at radius 1 is 1.62 bits per heavy atom. The molecule has 0 spiro atoms. The topological polar surface area (TPSA) is 102 Å². The van der Waals surface area contributed by atoms with Gasteiger partial charge in [-0.2, -0.15) is 0 Å². The molecule has 0 aromatic rings. The lowest BCUT2D eigenvalue weighted by atomic mass is 10.2. The summed E-state index contributed by atoms with van der Waals surface area (Å²) < 4.78 is 4.77. The predicted octanol–water partition coefficient (Wildman–Crippen LogP) is -0.994. The minimum atomic E-state index is -0.752. The molecule has 116 valence electrons. The molecule has 3 atom stereocenters. The molecule has 0 aromatic heterocycles. The summed E-state index contributed by atoms with van der Waals surface area (Å²) in [6.45, 7) is 3.65. The predicted molar refractivity (Wildman–Crippen MR) is 75.8 cm³/mol. The van der Waals surface area contributed by atoms with Crippen LogP contribution in [-0.4, -0.2) is 54.0 Å². The number of ether oxygens (including phenoxy) is 1. The van der Waals surface area contributed by atoms with E-state index < -0.39 is 24.0 Å². The van der Waals surface area contributed by atoms with Gasteiger partial charge in [0.1, 0.15) is 6.04 Å². The highest BCUT2D eigenvalue weighted by Crippen LogP contribution is 2.16. The van der Waals surface area contributed by atoms with Crippen LogP contribution in [0.1, 0.15) is 26.7 Å². The van der Waals surface area contributed by atoms with Gasteiger partial charge in [-0.1, -0.05) is 5.92 Å². The maximum absolute atomic E-state index is 11.9. The third-order valence-corrected chi connectivity index (χ3v) is 3.25. The van der Waals surface area contributed by atoms with Crippen LogP contribution in [-0.2, 0) is 19.1 Å². The third-order valence-electron chi connectivity index (χ3n) is 3.25. The molecule has 1 saturated heterocycles. The summed E-state index contributed by atoms with van der Waals surface area (Å²) in [6.07, 6.45) is 5.70. The van der Waals surface area contributed by atoms with E-state index in [1.807, 2.05) is 6.92 Å². The van der Waals surface area contributed by atoms with Gasteiger partial charge in [0.25, 0.3) is 0 Å². The van der Waals surface area contributed by atoms with Gasteiger partial charge in [0.15, 0.2) is 0 Å². The van der Waals surface area contributed by atoms with Crippen LogP contribution in [0.2, 0.25) is 0 Å². The second kappa shape index (κ2) is 7.64. The SMILES string of the molecule is C#C[C@H](CC(=O)OCC)NC(=O)CN1C(=O)[C@@H](N)C[C@H]1C. The highest BCUT2D eigenvalue weighted by molar-refractivity contribution is 5.89. The van der Waals surface area contributed by atoms with Gasteiger partial charge in [-0.25, -0.2) is 0 Å². The number of nitrogens with two attached hydrogens (primary N) is 1. The van der Waals surface area contributed by atoms with Crippen LogP contribution in [0.5, 0.6) is 0 Å². The molecule has 3 N–H and O–H groups in total. The van der Waals surface area contributed by atoms with Crippen molar-refractivity contribution in [1.29, 1.82) is 0 Å². The number of carbonyl (C=O) groups is 3. The second-order valence-corrected chi connectivity index (χ2v) is 4.95. The Balaban J connectivity index is 2.50. The van der Waals surface area contributed by atoms with Crippen molar-refractivity contribution in [2.45, 2.75) is 44.8 Å². The van der Waals surface area contributed by atoms with E-state index in [4.69, 9.17) is 16.9 Å². The zero-order valence-corrected chi connectivity index (χ0v) is 12.3. The number of likely N-dealkylation sites (tertiary alicyclic amines) is 1. The zero-order valence-electron chi connectivity index (χ0n) is 12.3. The number of esters is 1. The van der Waals surface area contributed by atoms with Crippen molar-refractivity contribution < 1.29 is 19.1 Å². The highest BCUT2D eigenvalue weighted by Gasteiger charge is 2.35. The first-order valence-electron chi connectivity index (χ1n) is 6.86. The molecule has 0 radical (unpaired) electrons. The monoisotopic (exact) mass is 295 g/mol. The van der Waals surface area contributed by atoms with E-state index in [0.717, 1.165) is 0 Å². The molecule has 7 heteroatoms. The van der Waals surface area contributed by atoms with Crippen LogP contribution < -0.4 is 11.1 Å². The summed E-state index contributed by atoms with van der Waals surface area (Å²) in [5, 5.41) is 2.53. The van der Waals surface area contributed by atoms with Crippen LogP contribution in [0.4, 0.5) is 0 Å². The molecule has 0 bridgehead atoms. The van der Waals surface area contributed by atoms with E-state index in [-0.39, 0.29) is 31.5 Å². The third kappa shape index (κ3) is 4.76. The first kappa shape index (κ1) is 17.0. The Morgan fingerprint density at radius 3 is 2.76 bits per heavy atom. The summed E-state index contributed by atoms with van der Waals surface area (Å²) in [6, 6.07) is -1.40. The average molecular weight is 295 g/mol. The number of terminal acetylenes is 1. The van der Waals surface area contributed by atoms with Crippen LogP contribution in [0.15, 0.2) is 0 Å². The fourth-order valence-corrected chi connectivity index (χ4v) is 2.19. The van der Waals surface area contributed by atoms with Crippen molar-refractivity contribution in [3.05, 3.63) is 0 Å². The van der Waals surface area contributed by atoms with Crippen LogP contribution >= 0.6 is 0 Å². The van der Waals surface area contributed by atoms with Crippen LogP contribution in [0, 0.1) is 12.3 Å². The van der Waals surface area contributed by atoms with Gasteiger partial charge in [0.05, 0.1) is 25.6 Å². The Labute approximate surface area is 124 Å². The lowest BCUT2D eigenvalue weighted by Gasteiger charge is -2.22. The number of rotatable bonds is 6. The zero-order chi connectivity index (χ0) is 16.0. The van der Waals surface area contributed by atoms with Crippen LogP contribution in [0.25, 0.3) is 0 Å². The molecular weight excluding hydrogens is 274 g/mol. The molecule has 7 nitrogen and oxygen atoms in total. The van der Waals surface area contributed by atoms with Crippen molar-refractivity contribution >= 4 is 17.8 Å². The van der Waals surface area contributed by atoms with Crippen molar-refractivity contribution in [3.8, 4) is 12.3 Å². The van der Waals surface area contributed by atoms with Crippen molar-refractivity contribution in [3.63, 3.8) is 0 Å². The van der Waals surface area contributed by atoms with Gasteiger partial charge in [-0.3, -0.25) is 14.4 Å². The summed E-state index contributed by atoms with van der Waals surface area (Å²) in [4.78, 5) is 36.4. The van der Waals surface area contributed by atoms with E-state index in [1.165, 1.54) is 4.90 Å². The first-order valence-corrected chi connectivity index (χ1v) is 6.86. The number of carbonyl (C=O) groups excluding carboxylic acids is 3. The lowest BCUT2D eigenvalue weighted by molar-refractivity contribution is -0.143. The fourth-order valence-electron chi connectivity index (χ4n) is 2.19. The molecule has 1 rings (SSSR count). The number of nitrogens with zero attached hydrogens (tertiary/aromatic N) is 1. The first-order chi connectivity index (χ1) is 9.88. The smallest absolute Gasteiger partial charge is 0.308 e. The minimum Gasteiger partial charge on any atom is -0.466 e. The van der Waals surface area contributed by atoms with E-state index in [1.54, 1.807) is 6.92 Å². The average Bonchev–Trinajstić information content (AvgIpc) is 2.65. The van der Waals surface area contributed by atoms with Gasteiger partial charge in [-0.15, -0.1) is 6.42 Å². The molecule has 2 amide bonds. The maximum atomic E-state index is 11.9. The summed E-state index contributed by atoms with van der Waals surface area (Å²) >= 11 is 0. The van der Waals surface area contributed by atoms with E-state index in [0.29, 0.717) is 6.42 Å².